The first kappa shape index (κ1) is 51.8. The summed E-state index contributed by atoms with van der Waals surface area (Å²) in [7, 11) is 1.55. The number of aryl methyl sites for hydroxylation is 1. The molecule has 396 valence electrons. The quantitative estimate of drug-likeness (QED) is 0.0837. The van der Waals surface area contributed by atoms with Gasteiger partial charge in [0.2, 0.25) is 17.7 Å². The van der Waals surface area contributed by atoms with E-state index in [1.165, 1.54) is 27.8 Å². The van der Waals surface area contributed by atoms with Crippen LogP contribution in [0.4, 0.5) is 28.2 Å². The molecule has 5 aromatic rings. The molecule has 15 nitrogen and oxygen atoms in total. The molecule has 0 bridgehead atoms. The van der Waals surface area contributed by atoms with Crippen molar-refractivity contribution in [2.24, 2.45) is 18.7 Å². The number of benzene rings is 4. The maximum atomic E-state index is 16.4. The van der Waals surface area contributed by atoms with E-state index in [0.29, 0.717) is 57.4 Å². The number of hydrogen-bond acceptors (Lipinski definition) is 10. The molecule has 1 saturated carbocycles. The normalized spacial score (nSPS) is 22.9. The van der Waals surface area contributed by atoms with Gasteiger partial charge in [-0.1, -0.05) is 48.9 Å². The van der Waals surface area contributed by atoms with Gasteiger partial charge in [0, 0.05) is 85.3 Å². The van der Waals surface area contributed by atoms with Gasteiger partial charge < -0.3 is 35.4 Å². The van der Waals surface area contributed by atoms with Crippen LogP contribution in [0.25, 0.3) is 22.0 Å². The molecule has 4 fully saturated rings. The fourth-order valence-electron chi connectivity index (χ4n) is 12.2. The summed E-state index contributed by atoms with van der Waals surface area (Å²) >= 11 is 6.69. The van der Waals surface area contributed by atoms with E-state index in [0.717, 1.165) is 37.3 Å². The summed E-state index contributed by atoms with van der Waals surface area (Å²) in [5.41, 5.74) is 5.03. The van der Waals surface area contributed by atoms with Crippen molar-refractivity contribution in [3.8, 4) is 22.6 Å². The number of likely N-dealkylation sites (tertiary alicyclic amines) is 2. The van der Waals surface area contributed by atoms with E-state index in [2.05, 4.69) is 20.6 Å². The molecule has 10 rings (SSSR count). The van der Waals surface area contributed by atoms with Crippen LogP contribution in [0.5, 0.6) is 11.5 Å². The van der Waals surface area contributed by atoms with Crippen LogP contribution in [0.3, 0.4) is 0 Å². The van der Waals surface area contributed by atoms with Gasteiger partial charge in [-0.05, 0) is 106 Å². The van der Waals surface area contributed by atoms with E-state index in [1.807, 2.05) is 54.4 Å². The number of piperidine rings is 2. The number of aromatic nitrogens is 2. The Kier molecular flexibility index (Phi) is 14.6. The molecule has 75 heavy (non-hydrogen) atoms. The summed E-state index contributed by atoms with van der Waals surface area (Å²) in [5.74, 6) is -5.65. The van der Waals surface area contributed by atoms with E-state index in [9.17, 15) is 24.3 Å². The number of fused-ring (bicyclic) bond motifs is 2. The molecule has 0 radical (unpaired) electrons. The van der Waals surface area contributed by atoms with Gasteiger partial charge in [-0.25, -0.2) is 22.4 Å². The van der Waals surface area contributed by atoms with Crippen molar-refractivity contribution in [1.29, 1.82) is 0 Å². The largest absolute Gasteiger partial charge is 0.488 e. The SMILES string of the molecule is C[C@H]1c2c(cc(F)c(Cl)c2-c2c(C(N)=O)ccc(OCCO)c2F)O[C@]1(/C=C\NC1CCC(C(=O)N2CCC(N3CCC(c4c(F)cc5c(N6CCC(=O)NC6=O)nn(C)c5c4F)CC3)CC2)CC1)c1ccccc1. The second kappa shape index (κ2) is 21.1. The Morgan fingerprint density at radius 3 is 2.32 bits per heavy atom. The first-order valence-corrected chi connectivity index (χ1v) is 26.0. The molecule has 5 N–H and O–H groups in total. The minimum Gasteiger partial charge on any atom is -0.488 e. The number of hydrogen-bond donors (Lipinski definition) is 4. The summed E-state index contributed by atoms with van der Waals surface area (Å²) in [6.07, 6.45) is 9.34. The zero-order valence-electron chi connectivity index (χ0n) is 41.7. The third-order valence-corrected chi connectivity index (χ3v) is 16.5. The van der Waals surface area contributed by atoms with Crippen LogP contribution in [-0.4, -0.2) is 106 Å². The standard InChI is InChI=1S/C55H59ClF4N8O7/c1-30-43-41(29-39(58)47(56)46(43)45-36(51(61)71)12-13-40(48(45)59)74-27-26-69)75-55(30,33-6-4-3-5-7-33)19-20-62-34-10-8-32(9-11-34)53(72)67-23-16-35(17-24-67)66-21-14-31(15-22-66)44-38(57)28-37-50(49(44)60)65(2)64-52(37)68-25-18-42(70)63-54(68)73/h3-7,12-13,19-20,28-32,34-35,62,69H,8-11,14-18,21-27H2,1-2H3,(H2,61,71)(H,63,70,73)/b20-19-/t30-,32?,34?,55-/m0/s1. The molecular formula is C55H59ClF4N8O7. The minimum atomic E-state index is -1.25. The number of amides is 5. The summed E-state index contributed by atoms with van der Waals surface area (Å²) in [5, 5.41) is 19.2. The lowest BCUT2D eigenvalue weighted by molar-refractivity contribution is -0.138. The second-order valence-electron chi connectivity index (χ2n) is 20.3. The number of carbonyl (C=O) groups excluding carboxylic acids is 4. The molecule has 5 aliphatic rings. The topological polar surface area (TPSA) is 185 Å². The fourth-order valence-corrected chi connectivity index (χ4v) is 12.4. The number of carbonyl (C=O) groups is 4. The summed E-state index contributed by atoms with van der Waals surface area (Å²) in [6.45, 7) is 3.87. The predicted molar refractivity (Wildman–Crippen MR) is 272 cm³/mol. The number of nitrogens with two attached hydrogens (primary N) is 1. The van der Waals surface area contributed by atoms with Crippen molar-refractivity contribution in [1.82, 2.24) is 30.2 Å². The molecule has 3 saturated heterocycles. The monoisotopic (exact) mass is 1050 g/mol. The van der Waals surface area contributed by atoms with Crippen LogP contribution in [0, 0.1) is 29.2 Å². The Labute approximate surface area is 435 Å². The van der Waals surface area contributed by atoms with Gasteiger partial charge in [-0.15, -0.1) is 0 Å². The minimum absolute atomic E-state index is 0.0280. The highest BCUT2D eigenvalue weighted by molar-refractivity contribution is 6.34. The number of halogens is 5. The highest BCUT2D eigenvalue weighted by Crippen LogP contribution is 2.57. The molecule has 1 aliphatic carbocycles. The van der Waals surface area contributed by atoms with Gasteiger partial charge in [0.25, 0.3) is 0 Å². The highest BCUT2D eigenvalue weighted by Gasteiger charge is 2.49. The van der Waals surface area contributed by atoms with E-state index in [-0.39, 0.29) is 99.9 Å². The number of nitrogens with one attached hydrogen (secondary N) is 2. The molecule has 4 aliphatic heterocycles. The smallest absolute Gasteiger partial charge is 0.329 e. The van der Waals surface area contributed by atoms with Crippen LogP contribution in [0.2, 0.25) is 5.02 Å². The van der Waals surface area contributed by atoms with E-state index in [1.54, 1.807) is 7.05 Å². The van der Waals surface area contributed by atoms with Crippen molar-refractivity contribution < 1.29 is 51.3 Å². The van der Waals surface area contributed by atoms with Crippen LogP contribution in [0.1, 0.15) is 104 Å². The van der Waals surface area contributed by atoms with Crippen LogP contribution >= 0.6 is 11.6 Å². The first-order valence-electron chi connectivity index (χ1n) is 25.6. The predicted octanol–water partition coefficient (Wildman–Crippen LogP) is 8.29. The third-order valence-electron chi connectivity index (χ3n) is 16.1. The van der Waals surface area contributed by atoms with Gasteiger partial charge in [0.05, 0.1) is 22.6 Å². The Morgan fingerprint density at radius 2 is 1.64 bits per heavy atom. The third kappa shape index (κ3) is 9.56. The first-order chi connectivity index (χ1) is 36.1. The van der Waals surface area contributed by atoms with Crippen molar-refractivity contribution in [2.75, 3.05) is 50.8 Å². The number of primary amides is 1. The lowest BCUT2D eigenvalue weighted by atomic mass is 9.77. The summed E-state index contributed by atoms with van der Waals surface area (Å²) in [4.78, 5) is 56.6. The second-order valence-corrected chi connectivity index (χ2v) is 20.7. The maximum absolute atomic E-state index is 16.4. The van der Waals surface area contributed by atoms with Gasteiger partial charge in [0.15, 0.2) is 28.8 Å². The van der Waals surface area contributed by atoms with Gasteiger partial charge in [0.1, 0.15) is 29.5 Å². The van der Waals surface area contributed by atoms with E-state index >= 15 is 17.6 Å². The van der Waals surface area contributed by atoms with Crippen LogP contribution < -0.4 is 30.7 Å². The zero-order chi connectivity index (χ0) is 52.9. The van der Waals surface area contributed by atoms with Crippen molar-refractivity contribution in [3.05, 3.63) is 117 Å². The average Bonchev–Trinajstić information content (AvgIpc) is 3.90. The number of aliphatic hydroxyl groups excluding tert-OH is 1. The summed E-state index contributed by atoms with van der Waals surface area (Å²) < 4.78 is 77.9. The fraction of sp³-hybridized carbons (Fsp3) is 0.436. The number of aliphatic hydroxyl groups is 1. The van der Waals surface area contributed by atoms with Crippen molar-refractivity contribution >= 4 is 52.1 Å². The van der Waals surface area contributed by atoms with Gasteiger partial charge in [-0.2, -0.15) is 5.10 Å². The highest BCUT2D eigenvalue weighted by atomic mass is 35.5. The number of ether oxygens (including phenoxy) is 2. The summed E-state index contributed by atoms with van der Waals surface area (Å²) in [6, 6.07) is 13.8. The molecule has 1 aromatic heterocycles. The lowest BCUT2D eigenvalue weighted by Gasteiger charge is -2.43. The molecule has 4 aromatic carbocycles. The van der Waals surface area contributed by atoms with Gasteiger partial charge >= 0.3 is 6.03 Å². The number of urea groups is 1. The van der Waals surface area contributed by atoms with Crippen molar-refractivity contribution in [3.63, 3.8) is 0 Å². The van der Waals surface area contributed by atoms with Crippen LogP contribution in [0.15, 0.2) is 66.9 Å². The Hall–Kier alpha value is -6.70. The Balaban J connectivity index is 0.754. The molecule has 0 spiro atoms. The van der Waals surface area contributed by atoms with E-state index < -0.39 is 64.3 Å². The number of rotatable bonds is 13. The number of imide groups is 1. The average molecular weight is 1060 g/mol. The zero-order valence-corrected chi connectivity index (χ0v) is 42.4. The van der Waals surface area contributed by atoms with Gasteiger partial charge in [-0.3, -0.25) is 29.3 Å². The molecule has 5 amide bonds. The van der Waals surface area contributed by atoms with Crippen LogP contribution in [-0.2, 0) is 22.2 Å². The Bertz CT molecular complexity index is 3080. The van der Waals surface area contributed by atoms with Crippen molar-refractivity contribution in [2.45, 2.75) is 94.2 Å². The molecule has 2 atom stereocenters. The lowest BCUT2D eigenvalue weighted by Crippen LogP contribution is -2.50. The molecule has 5 heterocycles. The molecular weight excluding hydrogens is 996 g/mol. The Morgan fingerprint density at radius 1 is 0.920 bits per heavy atom. The number of nitrogens with zero attached hydrogens (tertiary/aromatic N) is 5. The number of anilines is 1. The van der Waals surface area contributed by atoms with E-state index in [4.69, 9.17) is 26.8 Å². The molecule has 0 unspecified atom stereocenters. The molecule has 20 heteroatoms. The maximum Gasteiger partial charge on any atom is 0.329 e.